The molecule has 1 amide bonds. The smallest absolute Gasteiger partial charge is 0.254 e. The van der Waals surface area contributed by atoms with Crippen molar-refractivity contribution >= 4 is 5.91 Å². The van der Waals surface area contributed by atoms with Gasteiger partial charge in [0.25, 0.3) is 5.91 Å². The molecule has 2 aromatic rings. The van der Waals surface area contributed by atoms with Gasteiger partial charge in [0.15, 0.2) is 11.5 Å². The van der Waals surface area contributed by atoms with E-state index in [9.17, 15) is 4.79 Å². The number of piperidine rings is 1. The van der Waals surface area contributed by atoms with Crippen LogP contribution < -0.4 is 9.47 Å². The number of fused-ring (bicyclic) bond motifs is 1. The molecule has 6 heteroatoms. The molecule has 2 aromatic carbocycles. The second-order valence-corrected chi connectivity index (χ2v) is 10.7. The zero-order valence-corrected chi connectivity index (χ0v) is 21.7. The van der Waals surface area contributed by atoms with Gasteiger partial charge in [0.2, 0.25) is 6.79 Å². The molecule has 3 aliphatic rings. The number of hydrogen-bond acceptors (Lipinski definition) is 5. The molecule has 1 saturated carbocycles. The number of ether oxygens (including phenoxy) is 3. The Hall–Kier alpha value is -2.57. The summed E-state index contributed by atoms with van der Waals surface area (Å²) in [5.41, 5.74) is 2.07. The van der Waals surface area contributed by atoms with Crippen molar-refractivity contribution < 1.29 is 19.0 Å². The van der Waals surface area contributed by atoms with Crippen LogP contribution in [0.15, 0.2) is 48.5 Å². The molecule has 0 radical (unpaired) electrons. The van der Waals surface area contributed by atoms with E-state index in [1.807, 2.05) is 18.2 Å². The average Bonchev–Trinajstić information content (AvgIpc) is 3.55. The molecule has 2 aliphatic heterocycles. The number of hydrogen-bond donors (Lipinski definition) is 0. The minimum Gasteiger partial charge on any atom is -0.454 e. The highest BCUT2D eigenvalue weighted by molar-refractivity contribution is 5.95. The van der Waals surface area contributed by atoms with E-state index >= 15 is 0 Å². The van der Waals surface area contributed by atoms with Crippen LogP contribution in [0.4, 0.5) is 0 Å². The number of carbonyl (C=O) groups is 1. The fourth-order valence-electron chi connectivity index (χ4n) is 6.37. The van der Waals surface area contributed by atoms with Crippen molar-refractivity contribution in [3.63, 3.8) is 0 Å². The van der Waals surface area contributed by atoms with Crippen LogP contribution >= 0.6 is 0 Å². The summed E-state index contributed by atoms with van der Waals surface area (Å²) in [7, 11) is 1.72. The highest BCUT2D eigenvalue weighted by atomic mass is 16.7. The molecule has 0 bridgehead atoms. The number of carbonyl (C=O) groups excluding carboxylic acids is 1. The summed E-state index contributed by atoms with van der Waals surface area (Å²) in [6.45, 7) is 7.01. The van der Waals surface area contributed by atoms with E-state index < -0.39 is 0 Å². The fourth-order valence-corrected chi connectivity index (χ4v) is 6.37. The molecule has 6 nitrogen and oxygen atoms in total. The minimum atomic E-state index is 0.0640. The quantitative estimate of drug-likeness (QED) is 0.451. The van der Waals surface area contributed by atoms with Crippen LogP contribution in [-0.2, 0) is 4.74 Å². The normalized spacial score (nSPS) is 24.2. The topological polar surface area (TPSA) is 51.2 Å². The average molecular weight is 493 g/mol. The van der Waals surface area contributed by atoms with Crippen LogP contribution in [0.5, 0.6) is 11.5 Å². The van der Waals surface area contributed by atoms with E-state index in [2.05, 4.69) is 47.1 Å². The molecule has 3 atom stereocenters. The molecule has 36 heavy (non-hydrogen) atoms. The Morgan fingerprint density at radius 2 is 1.81 bits per heavy atom. The number of nitrogens with zero attached hydrogens (tertiary/aromatic N) is 2. The minimum absolute atomic E-state index is 0.0640. The summed E-state index contributed by atoms with van der Waals surface area (Å²) in [6, 6.07) is 17.0. The van der Waals surface area contributed by atoms with Crippen molar-refractivity contribution in [2.45, 2.75) is 51.0 Å². The van der Waals surface area contributed by atoms with E-state index in [4.69, 9.17) is 14.2 Å². The number of benzene rings is 2. The molecule has 1 aliphatic carbocycles. The lowest BCUT2D eigenvalue weighted by molar-refractivity contribution is 0.0605. The highest BCUT2D eigenvalue weighted by Gasteiger charge is 2.42. The van der Waals surface area contributed by atoms with Crippen LogP contribution in [0.3, 0.4) is 0 Å². The Bertz CT molecular complexity index is 1010. The lowest BCUT2D eigenvalue weighted by Crippen LogP contribution is -2.48. The molecule has 2 heterocycles. The molecule has 1 saturated heterocycles. The summed E-state index contributed by atoms with van der Waals surface area (Å²) in [6.07, 6.45) is 5.74. The molecule has 0 N–H and O–H groups in total. The highest BCUT2D eigenvalue weighted by Crippen LogP contribution is 2.44. The Morgan fingerprint density at radius 3 is 2.58 bits per heavy atom. The summed E-state index contributed by atoms with van der Waals surface area (Å²) < 4.78 is 16.4. The zero-order valence-electron chi connectivity index (χ0n) is 21.7. The van der Waals surface area contributed by atoms with Crippen LogP contribution in [0.1, 0.15) is 60.9 Å². The van der Waals surface area contributed by atoms with Gasteiger partial charge in [-0.15, -0.1) is 0 Å². The van der Waals surface area contributed by atoms with E-state index in [1.54, 1.807) is 7.11 Å². The van der Waals surface area contributed by atoms with Gasteiger partial charge in [-0.05, 0) is 86.7 Å². The first-order valence-corrected chi connectivity index (χ1v) is 13.6. The van der Waals surface area contributed by atoms with Crippen molar-refractivity contribution in [3.8, 4) is 11.5 Å². The van der Waals surface area contributed by atoms with Gasteiger partial charge in [0.05, 0.1) is 0 Å². The number of amides is 1. The van der Waals surface area contributed by atoms with Gasteiger partial charge in [-0.25, -0.2) is 0 Å². The molecular formula is C30H40N2O4. The third kappa shape index (κ3) is 5.55. The van der Waals surface area contributed by atoms with Crippen LogP contribution in [-0.4, -0.2) is 68.4 Å². The second-order valence-electron chi connectivity index (χ2n) is 10.7. The van der Waals surface area contributed by atoms with E-state index in [1.165, 1.54) is 44.3 Å². The van der Waals surface area contributed by atoms with E-state index in [0.29, 0.717) is 48.1 Å². The van der Waals surface area contributed by atoms with Crippen LogP contribution in [0.25, 0.3) is 0 Å². The molecule has 2 fully saturated rings. The molecule has 3 unspecified atom stereocenters. The fraction of sp³-hybridized carbons (Fsp3) is 0.567. The Labute approximate surface area is 215 Å². The Kier molecular flexibility index (Phi) is 8.12. The Balaban J connectivity index is 1.41. The first-order valence-electron chi connectivity index (χ1n) is 13.6. The third-order valence-electron chi connectivity index (χ3n) is 8.41. The predicted molar refractivity (Wildman–Crippen MR) is 141 cm³/mol. The number of likely N-dealkylation sites (tertiary alicyclic amines) is 1. The monoisotopic (exact) mass is 492 g/mol. The van der Waals surface area contributed by atoms with Crippen molar-refractivity contribution in [1.82, 2.24) is 9.80 Å². The maximum Gasteiger partial charge on any atom is 0.254 e. The summed E-state index contributed by atoms with van der Waals surface area (Å²) in [5, 5.41) is 0. The van der Waals surface area contributed by atoms with Gasteiger partial charge >= 0.3 is 0 Å². The molecule has 0 spiro atoms. The van der Waals surface area contributed by atoms with Gasteiger partial charge < -0.3 is 24.0 Å². The summed E-state index contributed by atoms with van der Waals surface area (Å²) >= 11 is 0. The lowest BCUT2D eigenvalue weighted by Gasteiger charge is -2.40. The molecule has 194 valence electrons. The van der Waals surface area contributed by atoms with E-state index in [-0.39, 0.29) is 12.7 Å². The molecule has 0 aromatic heterocycles. The van der Waals surface area contributed by atoms with Gasteiger partial charge in [-0.2, -0.15) is 0 Å². The first-order chi connectivity index (χ1) is 17.6. The zero-order chi connectivity index (χ0) is 24.9. The number of rotatable bonds is 9. The van der Waals surface area contributed by atoms with Crippen LogP contribution in [0.2, 0.25) is 0 Å². The van der Waals surface area contributed by atoms with Crippen molar-refractivity contribution in [1.29, 1.82) is 0 Å². The maximum atomic E-state index is 13.9. The van der Waals surface area contributed by atoms with Gasteiger partial charge in [-0.1, -0.05) is 37.3 Å². The van der Waals surface area contributed by atoms with Crippen molar-refractivity contribution in [2.75, 3.05) is 46.7 Å². The standard InChI is InChI=1S/C30H40N2O4/c1-22-13-16-31(17-14-22)27-11-10-25(23-7-4-3-5-8-23)26(27)20-32(15-6-18-34-2)30(33)24-9-12-28-29(19-24)36-21-35-28/h3-5,7-9,12,19,22,25-27H,6,10-11,13-18,20-21H2,1-2H3. The molecular weight excluding hydrogens is 452 g/mol. The maximum absolute atomic E-state index is 13.9. The second kappa shape index (κ2) is 11.7. The van der Waals surface area contributed by atoms with Crippen molar-refractivity contribution in [2.24, 2.45) is 11.8 Å². The largest absolute Gasteiger partial charge is 0.454 e. The first kappa shape index (κ1) is 25.1. The predicted octanol–water partition coefficient (Wildman–Crippen LogP) is 5.19. The third-order valence-corrected chi connectivity index (χ3v) is 8.41. The summed E-state index contributed by atoms with van der Waals surface area (Å²) in [4.78, 5) is 18.7. The SMILES string of the molecule is COCCCN(CC1C(c2ccccc2)CCC1N1CCC(C)CC1)C(=O)c1ccc2c(c1)OCO2. The Morgan fingerprint density at radius 1 is 1.03 bits per heavy atom. The number of methoxy groups -OCH3 is 1. The summed E-state index contributed by atoms with van der Waals surface area (Å²) in [5.74, 6) is 3.10. The lowest BCUT2D eigenvalue weighted by atomic mass is 9.85. The van der Waals surface area contributed by atoms with E-state index in [0.717, 1.165) is 18.9 Å². The van der Waals surface area contributed by atoms with Gasteiger partial charge in [0, 0.05) is 38.4 Å². The van der Waals surface area contributed by atoms with Crippen LogP contribution in [0, 0.1) is 11.8 Å². The van der Waals surface area contributed by atoms with Gasteiger partial charge in [-0.3, -0.25) is 4.79 Å². The van der Waals surface area contributed by atoms with Crippen molar-refractivity contribution in [3.05, 3.63) is 59.7 Å². The molecule has 5 rings (SSSR count). The van der Waals surface area contributed by atoms with Gasteiger partial charge in [0.1, 0.15) is 0 Å².